The summed E-state index contributed by atoms with van der Waals surface area (Å²) >= 11 is 0. The molecule has 2 aliphatic rings. The van der Waals surface area contributed by atoms with Crippen LogP contribution in [-0.4, -0.2) is 35.1 Å². The van der Waals surface area contributed by atoms with Crippen LogP contribution in [0.25, 0.3) is 22.1 Å². The Kier molecular flexibility index (Phi) is 5.25. The van der Waals surface area contributed by atoms with E-state index in [4.69, 9.17) is 9.15 Å². The van der Waals surface area contributed by atoms with Gasteiger partial charge in [0, 0.05) is 54.8 Å². The zero-order valence-electron chi connectivity index (χ0n) is 19.1. The maximum absolute atomic E-state index is 13.0. The normalized spacial score (nSPS) is 18.8. The number of carbonyl (C=O) groups excluding carboxylic acids is 1. The molecule has 0 unspecified atom stereocenters. The fourth-order valence-electron chi connectivity index (χ4n) is 5.43. The Labute approximate surface area is 201 Å². The maximum atomic E-state index is 13.0. The van der Waals surface area contributed by atoms with Gasteiger partial charge in [0.2, 0.25) is 0 Å². The average Bonchev–Trinajstić information content (AvgIpc) is 2.87. The van der Waals surface area contributed by atoms with Gasteiger partial charge in [0.25, 0.3) is 11.5 Å². The lowest BCUT2D eigenvalue weighted by atomic mass is 9.83. The number of piperidine rings is 1. The molecule has 1 amide bonds. The Morgan fingerprint density at radius 1 is 0.943 bits per heavy atom. The van der Waals surface area contributed by atoms with Gasteiger partial charge in [-0.15, -0.1) is 0 Å². The first-order chi connectivity index (χ1) is 17.0. The van der Waals surface area contributed by atoms with Crippen molar-refractivity contribution < 1.29 is 13.9 Å². The van der Waals surface area contributed by atoms with E-state index in [-0.39, 0.29) is 29.9 Å². The van der Waals surface area contributed by atoms with Crippen molar-refractivity contribution in [1.29, 1.82) is 0 Å². The van der Waals surface area contributed by atoms with Crippen molar-refractivity contribution in [2.24, 2.45) is 5.92 Å². The second-order valence-corrected chi connectivity index (χ2v) is 9.29. The number of carbonyl (C=O) groups is 1. The summed E-state index contributed by atoms with van der Waals surface area (Å²) in [6, 6.07) is 21.8. The molecule has 4 heterocycles. The average molecular weight is 469 g/mol. The SMILES string of the molecule is O=C(COc1ccc2c(-c3ccccc3)cc(=O)oc2c1)N1C[C@@H]2C[C@@H](C1)c1cccc(=O)n1C2. The van der Waals surface area contributed by atoms with Crippen LogP contribution in [0.2, 0.25) is 0 Å². The molecule has 1 fully saturated rings. The first kappa shape index (κ1) is 21.4. The molecule has 2 aromatic carbocycles. The van der Waals surface area contributed by atoms with Crippen molar-refractivity contribution in [3.63, 3.8) is 0 Å². The lowest BCUT2D eigenvalue weighted by Crippen LogP contribution is -2.50. The number of amides is 1. The number of rotatable bonds is 4. The fraction of sp³-hybridized carbons (Fsp3) is 0.250. The van der Waals surface area contributed by atoms with Crippen molar-refractivity contribution in [3.8, 4) is 16.9 Å². The van der Waals surface area contributed by atoms with Crippen LogP contribution in [0.3, 0.4) is 0 Å². The van der Waals surface area contributed by atoms with Crippen LogP contribution in [-0.2, 0) is 11.3 Å². The standard InChI is InChI=1S/C28H24N2O5/c31-26-8-4-7-24-20-11-18(15-30(24)26)14-29(16-20)27(32)17-34-21-9-10-22-23(19-5-2-1-3-6-19)13-28(33)35-25(22)12-21/h1-10,12-13,18,20H,11,14-17H2/t18-,20-/m0/s1. The minimum atomic E-state index is -0.441. The summed E-state index contributed by atoms with van der Waals surface area (Å²) in [5.74, 6) is 0.794. The predicted molar refractivity (Wildman–Crippen MR) is 132 cm³/mol. The molecule has 176 valence electrons. The molecule has 2 aromatic heterocycles. The lowest BCUT2D eigenvalue weighted by molar-refractivity contribution is -0.136. The van der Waals surface area contributed by atoms with E-state index in [2.05, 4.69) is 0 Å². The molecule has 0 saturated carbocycles. The van der Waals surface area contributed by atoms with Crippen LogP contribution < -0.4 is 15.9 Å². The summed E-state index contributed by atoms with van der Waals surface area (Å²) < 4.78 is 13.1. The highest BCUT2D eigenvalue weighted by Crippen LogP contribution is 2.35. The van der Waals surface area contributed by atoms with Crippen molar-refractivity contribution in [3.05, 3.63) is 99.3 Å². The largest absolute Gasteiger partial charge is 0.484 e. The molecule has 0 N–H and O–H groups in total. The molecule has 0 radical (unpaired) electrons. The Morgan fingerprint density at radius 3 is 2.66 bits per heavy atom. The summed E-state index contributed by atoms with van der Waals surface area (Å²) in [4.78, 5) is 39.2. The monoisotopic (exact) mass is 468 g/mol. The number of aromatic nitrogens is 1. The molecule has 6 rings (SSSR count). The van der Waals surface area contributed by atoms with E-state index < -0.39 is 5.63 Å². The van der Waals surface area contributed by atoms with Gasteiger partial charge in [-0.25, -0.2) is 4.79 Å². The van der Waals surface area contributed by atoms with Crippen LogP contribution in [0.15, 0.2) is 86.8 Å². The minimum absolute atomic E-state index is 0.0266. The molecular formula is C28H24N2O5. The van der Waals surface area contributed by atoms with Gasteiger partial charge in [-0.2, -0.15) is 0 Å². The Balaban J connectivity index is 1.19. The van der Waals surface area contributed by atoms with Crippen LogP contribution in [0.1, 0.15) is 18.0 Å². The minimum Gasteiger partial charge on any atom is -0.484 e. The van der Waals surface area contributed by atoms with Gasteiger partial charge in [0.15, 0.2) is 6.61 Å². The Hall–Kier alpha value is -4.13. The molecule has 1 saturated heterocycles. The number of likely N-dealkylation sites (tertiary alicyclic amines) is 1. The second kappa shape index (κ2) is 8.58. The number of benzene rings is 2. The number of hydrogen-bond acceptors (Lipinski definition) is 5. The maximum Gasteiger partial charge on any atom is 0.336 e. The van der Waals surface area contributed by atoms with Crippen molar-refractivity contribution in [1.82, 2.24) is 9.47 Å². The van der Waals surface area contributed by atoms with Crippen molar-refractivity contribution in [2.45, 2.75) is 18.9 Å². The number of ether oxygens (including phenoxy) is 1. The summed E-state index contributed by atoms with van der Waals surface area (Å²) in [5.41, 5.74) is 2.72. The van der Waals surface area contributed by atoms with E-state index in [0.29, 0.717) is 31.0 Å². The van der Waals surface area contributed by atoms with E-state index in [1.807, 2.05) is 51.9 Å². The van der Waals surface area contributed by atoms with Gasteiger partial charge in [0.05, 0.1) is 0 Å². The second-order valence-electron chi connectivity index (χ2n) is 9.29. The third-order valence-electron chi connectivity index (χ3n) is 7.00. The van der Waals surface area contributed by atoms with Gasteiger partial charge in [-0.1, -0.05) is 36.4 Å². The highest BCUT2D eigenvalue weighted by atomic mass is 16.5. The molecule has 7 heteroatoms. The quantitative estimate of drug-likeness (QED) is 0.427. The highest BCUT2D eigenvalue weighted by Gasteiger charge is 2.36. The zero-order valence-corrected chi connectivity index (χ0v) is 19.1. The fourth-order valence-corrected chi connectivity index (χ4v) is 5.43. The van der Waals surface area contributed by atoms with Gasteiger partial charge in [-0.05, 0) is 41.7 Å². The number of hydrogen-bond donors (Lipinski definition) is 0. The predicted octanol–water partition coefficient (Wildman–Crippen LogP) is 3.65. The number of fused-ring (bicyclic) bond motifs is 5. The first-order valence-corrected chi connectivity index (χ1v) is 11.8. The summed E-state index contributed by atoms with van der Waals surface area (Å²) in [6.45, 7) is 1.74. The van der Waals surface area contributed by atoms with E-state index in [1.54, 1.807) is 24.3 Å². The number of nitrogens with zero attached hydrogens (tertiary/aromatic N) is 2. The zero-order chi connectivity index (χ0) is 23.9. The van der Waals surface area contributed by atoms with Crippen molar-refractivity contribution >= 4 is 16.9 Å². The molecule has 0 aliphatic carbocycles. The van der Waals surface area contributed by atoms with Crippen LogP contribution in [0, 0.1) is 5.92 Å². The van der Waals surface area contributed by atoms with Crippen molar-refractivity contribution in [2.75, 3.05) is 19.7 Å². The molecular weight excluding hydrogens is 444 g/mol. The van der Waals surface area contributed by atoms with Gasteiger partial charge >= 0.3 is 5.63 Å². The third kappa shape index (κ3) is 4.03. The topological polar surface area (TPSA) is 81.8 Å². The molecule has 2 aliphatic heterocycles. The molecule has 4 aromatic rings. The molecule has 2 bridgehead atoms. The molecule has 0 spiro atoms. The van der Waals surface area contributed by atoms with E-state index in [1.165, 1.54) is 6.07 Å². The molecule has 2 atom stereocenters. The lowest BCUT2D eigenvalue weighted by Gasteiger charge is -2.42. The Morgan fingerprint density at radius 2 is 1.80 bits per heavy atom. The Bertz CT molecular complexity index is 1540. The summed E-state index contributed by atoms with van der Waals surface area (Å²) in [7, 11) is 0. The van der Waals surface area contributed by atoms with Gasteiger partial charge in [0.1, 0.15) is 11.3 Å². The van der Waals surface area contributed by atoms with Crippen LogP contribution in [0.5, 0.6) is 5.75 Å². The van der Waals surface area contributed by atoms with Crippen LogP contribution >= 0.6 is 0 Å². The third-order valence-corrected chi connectivity index (χ3v) is 7.00. The molecule has 35 heavy (non-hydrogen) atoms. The van der Waals surface area contributed by atoms with E-state index >= 15 is 0 Å². The summed E-state index contributed by atoms with van der Waals surface area (Å²) in [5, 5.41) is 0.798. The van der Waals surface area contributed by atoms with Gasteiger partial charge < -0.3 is 18.6 Å². The smallest absolute Gasteiger partial charge is 0.336 e. The van der Waals surface area contributed by atoms with E-state index in [9.17, 15) is 14.4 Å². The first-order valence-electron chi connectivity index (χ1n) is 11.8. The molecule has 7 nitrogen and oxygen atoms in total. The number of pyridine rings is 1. The van der Waals surface area contributed by atoms with Gasteiger partial charge in [-0.3, -0.25) is 9.59 Å². The summed E-state index contributed by atoms with van der Waals surface area (Å²) in [6.07, 6.45) is 0.988. The highest BCUT2D eigenvalue weighted by molar-refractivity contribution is 5.93. The van der Waals surface area contributed by atoms with E-state index in [0.717, 1.165) is 28.6 Å². The van der Waals surface area contributed by atoms with Crippen LogP contribution in [0.4, 0.5) is 0 Å².